The number of fused-ring (bicyclic) bond motifs is 2. The molecule has 0 saturated heterocycles. The number of amides is 1. The van der Waals surface area contributed by atoms with Crippen molar-refractivity contribution in [2.75, 3.05) is 11.9 Å². The molecule has 1 fully saturated rings. The number of hydrogen-bond donors (Lipinski definition) is 3. The number of hydrogen-bond acceptors (Lipinski definition) is 5. The molecule has 2 heterocycles. The number of aliphatic hydroxyl groups excluding tert-OH is 2. The van der Waals surface area contributed by atoms with Crippen molar-refractivity contribution in [1.29, 1.82) is 0 Å². The number of rotatable bonds is 7. The number of aryl methyl sites for hydroxylation is 1. The van der Waals surface area contributed by atoms with Crippen molar-refractivity contribution in [2.24, 2.45) is 0 Å². The minimum absolute atomic E-state index is 0. The fourth-order valence-corrected chi connectivity index (χ4v) is 4.45. The Bertz CT molecular complexity index is 1250. The molecule has 1 amide bonds. The lowest BCUT2D eigenvalue weighted by Crippen LogP contribution is -2.28. The van der Waals surface area contributed by atoms with Gasteiger partial charge in [0, 0.05) is 25.1 Å². The topological polar surface area (TPSA) is 93.0 Å². The lowest BCUT2D eigenvalue weighted by Gasteiger charge is -2.17. The van der Waals surface area contributed by atoms with E-state index in [2.05, 4.69) is 14.8 Å². The minimum Gasteiger partial charge on any atom is -0.395 e. The Morgan fingerprint density at radius 2 is 1.94 bits per heavy atom. The van der Waals surface area contributed by atoms with Crippen LogP contribution in [0.3, 0.4) is 0 Å². The van der Waals surface area contributed by atoms with Crippen LogP contribution in [0.5, 0.6) is 11.5 Å². The highest BCUT2D eigenvalue weighted by molar-refractivity contribution is 6.02. The summed E-state index contributed by atoms with van der Waals surface area (Å²) in [6.07, 6.45) is -2.60. The second-order valence-corrected chi connectivity index (χ2v) is 8.58. The minimum atomic E-state index is -3.70. The fourth-order valence-electron chi connectivity index (χ4n) is 4.45. The van der Waals surface area contributed by atoms with Crippen molar-refractivity contribution in [3.05, 3.63) is 53.7 Å². The number of nitrogens with zero attached hydrogens (tertiary/aromatic N) is 1. The summed E-state index contributed by atoms with van der Waals surface area (Å²) in [5, 5.41) is 23.0. The Morgan fingerprint density at radius 3 is 2.64 bits per heavy atom. The predicted octanol–water partition coefficient (Wildman–Crippen LogP) is 4.04. The molecule has 0 radical (unpaired) electrons. The number of benzene rings is 2. The van der Waals surface area contributed by atoms with Crippen LogP contribution in [0.2, 0.25) is 0 Å². The Kier molecular flexibility index (Phi) is 5.06. The number of halogens is 2. The van der Waals surface area contributed by atoms with E-state index in [4.69, 9.17) is 0 Å². The molecule has 0 spiro atoms. The van der Waals surface area contributed by atoms with Crippen molar-refractivity contribution in [3.63, 3.8) is 0 Å². The van der Waals surface area contributed by atoms with Crippen LogP contribution in [0.4, 0.5) is 14.5 Å². The van der Waals surface area contributed by atoms with Crippen LogP contribution in [-0.4, -0.2) is 39.7 Å². The zero-order valence-corrected chi connectivity index (χ0v) is 18.0. The molecule has 9 heteroatoms. The molecule has 1 aliphatic heterocycles. The molecule has 1 saturated carbocycles. The number of carbonyl (C=O) groups excluding carboxylic acids is 1. The van der Waals surface area contributed by atoms with Crippen LogP contribution in [0.25, 0.3) is 10.9 Å². The third-order valence-electron chi connectivity index (χ3n) is 6.35. The first-order chi connectivity index (χ1) is 15.7. The maximum absolute atomic E-state index is 13.3. The van der Waals surface area contributed by atoms with Gasteiger partial charge in [0.15, 0.2) is 11.5 Å². The lowest BCUT2D eigenvalue weighted by atomic mass is 9.94. The number of anilines is 1. The molecule has 178 valence electrons. The summed E-state index contributed by atoms with van der Waals surface area (Å²) in [6.45, 7) is 1.97. The van der Waals surface area contributed by atoms with Gasteiger partial charge in [-0.1, -0.05) is 13.0 Å². The van der Waals surface area contributed by atoms with E-state index in [1.54, 1.807) is 12.1 Å². The van der Waals surface area contributed by atoms with Gasteiger partial charge < -0.3 is 29.6 Å². The zero-order chi connectivity index (χ0) is 23.4. The first kappa shape index (κ1) is 21.7. The predicted molar refractivity (Wildman–Crippen MR) is 121 cm³/mol. The Labute approximate surface area is 191 Å². The normalized spacial score (nSPS) is 18.3. The van der Waals surface area contributed by atoms with Crippen molar-refractivity contribution < 1.29 is 36.1 Å². The smallest absolute Gasteiger partial charge is 0.395 e. The molecule has 3 aromatic rings. The van der Waals surface area contributed by atoms with Crippen molar-refractivity contribution in [1.82, 2.24) is 4.57 Å². The third-order valence-corrected chi connectivity index (χ3v) is 6.35. The molecule has 5 rings (SSSR count). The highest BCUT2D eigenvalue weighted by atomic mass is 19.3. The number of ether oxygens (including phenoxy) is 2. The Hall–Kier alpha value is -3.17. The molecule has 1 aliphatic carbocycles. The van der Waals surface area contributed by atoms with E-state index in [9.17, 15) is 23.8 Å². The molecule has 0 bridgehead atoms. The molecular weight excluding hydrogens is 434 g/mol. The maximum atomic E-state index is 13.3. The quantitative estimate of drug-likeness (QED) is 0.493. The summed E-state index contributed by atoms with van der Waals surface area (Å²) in [5.41, 5.74) is 2.34. The summed E-state index contributed by atoms with van der Waals surface area (Å²) in [5.74, 6) is -0.331. The molecule has 1 atom stereocenters. The highest BCUT2D eigenvalue weighted by Crippen LogP contribution is 2.52. The number of nitrogens with one attached hydrogen (secondary N) is 1. The largest absolute Gasteiger partial charge is 0.586 e. The van der Waals surface area contributed by atoms with Crippen LogP contribution in [0.1, 0.15) is 33.9 Å². The van der Waals surface area contributed by atoms with Crippen LogP contribution in [-0.2, 0) is 23.2 Å². The van der Waals surface area contributed by atoms with Gasteiger partial charge in [-0.15, -0.1) is 8.78 Å². The number of carbonyl (C=O) groups is 1. The highest BCUT2D eigenvalue weighted by Gasteiger charge is 2.52. The number of aromatic nitrogens is 1. The molecule has 0 unspecified atom stereocenters. The van der Waals surface area contributed by atoms with Gasteiger partial charge in [0.2, 0.25) is 5.91 Å². The summed E-state index contributed by atoms with van der Waals surface area (Å²) in [7, 11) is 0. The van der Waals surface area contributed by atoms with Gasteiger partial charge in [0.1, 0.15) is 0 Å². The van der Waals surface area contributed by atoms with E-state index in [1.165, 1.54) is 12.1 Å². The van der Waals surface area contributed by atoms with Gasteiger partial charge in [0.05, 0.1) is 24.7 Å². The van der Waals surface area contributed by atoms with Crippen molar-refractivity contribution in [3.8, 4) is 11.5 Å². The summed E-state index contributed by atoms with van der Waals surface area (Å²) in [6, 6.07) is 12.0. The SMILES string of the molecule is CCc1cc2cc(NC(=O)C3(c4ccc5c(c4)OC(F)(F)O5)CC3)ccc2n1C[C@@H](O)CO.[HH].[HH]. The monoisotopic (exact) mass is 462 g/mol. The van der Waals surface area contributed by atoms with E-state index >= 15 is 0 Å². The molecule has 2 aromatic carbocycles. The lowest BCUT2D eigenvalue weighted by molar-refractivity contribution is -0.286. The molecule has 2 aliphatic rings. The molecule has 1 aromatic heterocycles. The van der Waals surface area contributed by atoms with Gasteiger partial charge in [-0.25, -0.2) is 0 Å². The second-order valence-electron chi connectivity index (χ2n) is 8.58. The number of aliphatic hydroxyl groups is 2. The maximum Gasteiger partial charge on any atom is 0.586 e. The fraction of sp³-hybridized carbons (Fsp3) is 0.375. The van der Waals surface area contributed by atoms with Crippen LogP contribution in [0.15, 0.2) is 42.5 Å². The van der Waals surface area contributed by atoms with Crippen molar-refractivity contribution in [2.45, 2.75) is 50.5 Å². The first-order valence-corrected chi connectivity index (χ1v) is 10.9. The van der Waals surface area contributed by atoms with E-state index in [-0.39, 0.29) is 33.4 Å². The summed E-state index contributed by atoms with van der Waals surface area (Å²) >= 11 is 0. The van der Waals surface area contributed by atoms with Crippen LogP contribution in [0, 0.1) is 0 Å². The first-order valence-electron chi connectivity index (χ1n) is 10.9. The Morgan fingerprint density at radius 1 is 1.18 bits per heavy atom. The zero-order valence-electron chi connectivity index (χ0n) is 18.0. The van der Waals surface area contributed by atoms with E-state index in [0.717, 1.165) is 23.0 Å². The molecule has 7 nitrogen and oxygen atoms in total. The third kappa shape index (κ3) is 3.81. The average molecular weight is 462 g/mol. The van der Waals surface area contributed by atoms with Gasteiger partial charge >= 0.3 is 6.29 Å². The molecule has 33 heavy (non-hydrogen) atoms. The standard InChI is InChI=1S/C24H24F2N2O5.2H2/c1-2-17-10-14-9-16(4-5-19(14)28(17)12-18(30)13-29)27-22(31)23(7-8-23)15-3-6-20-21(11-15)33-24(25,26)32-20;;/h3-6,9-11,18,29-30H,2,7-8,12-13H2,1H3,(H,27,31);2*1H/t18-;;/m1../s1. The van der Waals surface area contributed by atoms with Crippen molar-refractivity contribution >= 4 is 22.5 Å². The Balaban J connectivity index is 0.00000171. The van der Waals surface area contributed by atoms with Gasteiger partial charge in [-0.05, 0) is 61.2 Å². The van der Waals surface area contributed by atoms with Gasteiger partial charge in [-0.2, -0.15) is 0 Å². The van der Waals surface area contributed by atoms with E-state index in [0.29, 0.717) is 24.1 Å². The van der Waals surface area contributed by atoms with Crippen LogP contribution >= 0.6 is 0 Å². The number of alkyl halides is 2. The van der Waals surface area contributed by atoms with Gasteiger partial charge in [0.25, 0.3) is 0 Å². The summed E-state index contributed by atoms with van der Waals surface area (Å²) < 4.78 is 37.6. The van der Waals surface area contributed by atoms with E-state index in [1.807, 2.05) is 29.7 Å². The average Bonchev–Trinajstić information content (AvgIpc) is 3.44. The van der Waals surface area contributed by atoms with E-state index < -0.39 is 17.8 Å². The van der Waals surface area contributed by atoms with Crippen LogP contribution < -0.4 is 14.8 Å². The van der Waals surface area contributed by atoms with Gasteiger partial charge in [-0.3, -0.25) is 4.79 Å². The molecule has 3 N–H and O–H groups in total. The molecular formula is C24H28F2N2O5. The second kappa shape index (κ2) is 7.71. The summed E-state index contributed by atoms with van der Waals surface area (Å²) in [4.78, 5) is 13.2.